The third-order valence-electron chi connectivity index (χ3n) is 3.87. The summed E-state index contributed by atoms with van der Waals surface area (Å²) in [6.45, 7) is 12.7. The number of nitrogens with one attached hydrogen (secondary N) is 1. The van der Waals surface area contributed by atoms with Crippen molar-refractivity contribution in [3.8, 4) is 0 Å². The van der Waals surface area contributed by atoms with Crippen LogP contribution in [-0.4, -0.2) is 69.0 Å². The van der Waals surface area contributed by atoms with E-state index in [4.69, 9.17) is 5.84 Å². The minimum absolute atomic E-state index is 0.239. The predicted molar refractivity (Wildman–Crippen MR) is 79.4 cm³/mol. The Hall–Kier alpha value is -1.51. The Kier molecular flexibility index (Phi) is 4.92. The van der Waals surface area contributed by atoms with Gasteiger partial charge in [0, 0.05) is 38.3 Å². The minimum Gasteiger partial charge on any atom is -0.299 e. The average Bonchev–Trinajstić information content (AvgIpc) is 2.92. The van der Waals surface area contributed by atoms with E-state index in [-0.39, 0.29) is 11.2 Å². The van der Waals surface area contributed by atoms with Gasteiger partial charge in [0.25, 0.3) is 5.91 Å². The molecule has 0 unspecified atom stereocenters. The zero-order valence-electron chi connectivity index (χ0n) is 13.0. The second-order valence-electron chi connectivity index (χ2n) is 6.34. The van der Waals surface area contributed by atoms with Gasteiger partial charge in [0.05, 0.1) is 12.7 Å². The summed E-state index contributed by atoms with van der Waals surface area (Å²) in [5.41, 5.74) is 2.53. The molecule has 2 heterocycles. The summed E-state index contributed by atoms with van der Waals surface area (Å²) < 4.78 is 1.68. The van der Waals surface area contributed by atoms with Crippen LogP contribution in [0.3, 0.4) is 0 Å². The highest BCUT2D eigenvalue weighted by Crippen LogP contribution is 2.15. The lowest BCUT2D eigenvalue weighted by Crippen LogP contribution is -2.53. The van der Waals surface area contributed by atoms with Crippen LogP contribution in [0.4, 0.5) is 0 Å². The normalized spacial score (nSPS) is 17.9. The number of hydrogen-bond acceptors (Lipinski definition) is 6. The van der Waals surface area contributed by atoms with Gasteiger partial charge in [-0.3, -0.25) is 24.7 Å². The lowest BCUT2D eigenvalue weighted by Gasteiger charge is -2.42. The van der Waals surface area contributed by atoms with Crippen molar-refractivity contribution in [3.63, 3.8) is 0 Å². The van der Waals surface area contributed by atoms with E-state index in [9.17, 15) is 4.79 Å². The number of aromatic nitrogens is 3. The summed E-state index contributed by atoms with van der Waals surface area (Å²) in [7, 11) is 0. The average molecular weight is 295 g/mol. The van der Waals surface area contributed by atoms with Crippen LogP contribution in [0.15, 0.2) is 6.20 Å². The van der Waals surface area contributed by atoms with Gasteiger partial charge >= 0.3 is 0 Å². The monoisotopic (exact) mass is 295 g/mol. The molecule has 1 amide bonds. The van der Waals surface area contributed by atoms with E-state index in [0.717, 1.165) is 39.3 Å². The highest BCUT2D eigenvalue weighted by molar-refractivity contribution is 5.91. The highest BCUT2D eigenvalue weighted by Gasteiger charge is 2.25. The smallest absolute Gasteiger partial charge is 0.287 e. The van der Waals surface area contributed by atoms with Gasteiger partial charge in [-0.1, -0.05) is 5.21 Å². The maximum absolute atomic E-state index is 11.3. The molecule has 118 valence electrons. The molecule has 8 heteroatoms. The molecule has 0 spiro atoms. The lowest BCUT2D eigenvalue weighted by molar-refractivity contribution is 0.0604. The second kappa shape index (κ2) is 6.50. The van der Waals surface area contributed by atoms with Crippen molar-refractivity contribution < 1.29 is 4.79 Å². The number of rotatable bonds is 4. The molecule has 21 heavy (non-hydrogen) atoms. The zero-order chi connectivity index (χ0) is 15.5. The maximum atomic E-state index is 11.3. The van der Waals surface area contributed by atoms with E-state index in [1.54, 1.807) is 10.9 Å². The molecule has 0 radical (unpaired) electrons. The summed E-state index contributed by atoms with van der Waals surface area (Å²) in [5.74, 6) is 4.65. The first kappa shape index (κ1) is 15.9. The third-order valence-corrected chi connectivity index (χ3v) is 3.87. The van der Waals surface area contributed by atoms with Gasteiger partial charge in [0.2, 0.25) is 0 Å². The van der Waals surface area contributed by atoms with E-state index in [1.165, 1.54) is 0 Å². The Morgan fingerprint density at radius 3 is 2.52 bits per heavy atom. The molecule has 0 aliphatic carbocycles. The van der Waals surface area contributed by atoms with Gasteiger partial charge in [-0.2, -0.15) is 0 Å². The molecule has 3 N–H and O–H groups in total. The van der Waals surface area contributed by atoms with Crippen molar-refractivity contribution in [3.05, 3.63) is 11.9 Å². The Morgan fingerprint density at radius 1 is 1.29 bits per heavy atom. The summed E-state index contributed by atoms with van der Waals surface area (Å²) in [6.07, 6.45) is 1.62. The second-order valence-corrected chi connectivity index (χ2v) is 6.34. The van der Waals surface area contributed by atoms with Crippen LogP contribution in [0.25, 0.3) is 0 Å². The molecule has 1 saturated heterocycles. The van der Waals surface area contributed by atoms with Gasteiger partial charge in [0.15, 0.2) is 5.69 Å². The van der Waals surface area contributed by atoms with Crippen LogP contribution >= 0.6 is 0 Å². The van der Waals surface area contributed by atoms with Crippen LogP contribution in [0.1, 0.15) is 31.3 Å². The maximum Gasteiger partial charge on any atom is 0.287 e. The van der Waals surface area contributed by atoms with Crippen molar-refractivity contribution >= 4 is 5.91 Å². The molecular weight excluding hydrogens is 270 g/mol. The number of hydrogen-bond donors (Lipinski definition) is 2. The van der Waals surface area contributed by atoms with E-state index < -0.39 is 5.91 Å². The number of carbonyl (C=O) groups excluding carboxylic acids is 1. The fourth-order valence-corrected chi connectivity index (χ4v) is 2.47. The van der Waals surface area contributed by atoms with Crippen molar-refractivity contribution in [2.75, 3.05) is 32.7 Å². The zero-order valence-corrected chi connectivity index (χ0v) is 13.0. The Labute approximate surface area is 125 Å². The van der Waals surface area contributed by atoms with Gasteiger partial charge < -0.3 is 0 Å². The summed E-state index contributed by atoms with van der Waals surface area (Å²) in [4.78, 5) is 16.2. The van der Waals surface area contributed by atoms with E-state index in [0.29, 0.717) is 0 Å². The van der Waals surface area contributed by atoms with Crippen molar-refractivity contribution in [1.29, 1.82) is 0 Å². The first-order valence-corrected chi connectivity index (χ1v) is 7.28. The van der Waals surface area contributed by atoms with Crippen LogP contribution in [0.2, 0.25) is 0 Å². The van der Waals surface area contributed by atoms with Gasteiger partial charge in [0.1, 0.15) is 0 Å². The van der Waals surface area contributed by atoms with Crippen molar-refractivity contribution in [2.24, 2.45) is 5.84 Å². The van der Waals surface area contributed by atoms with E-state index >= 15 is 0 Å². The number of nitrogen functional groups attached to an aromatic ring is 1. The Bertz CT molecular complexity index is 471. The van der Waals surface area contributed by atoms with E-state index in [2.05, 4.69) is 40.9 Å². The molecule has 1 aliphatic heterocycles. The molecule has 1 aromatic heterocycles. The quantitative estimate of drug-likeness (QED) is 0.433. The first-order chi connectivity index (χ1) is 9.90. The molecule has 1 fully saturated rings. The van der Waals surface area contributed by atoms with Crippen LogP contribution < -0.4 is 11.3 Å². The minimum atomic E-state index is -0.417. The molecule has 0 saturated carbocycles. The number of piperazine rings is 1. The third kappa shape index (κ3) is 4.23. The summed E-state index contributed by atoms with van der Waals surface area (Å²) in [5, 5.41) is 7.73. The van der Waals surface area contributed by atoms with Crippen LogP contribution in [0, 0.1) is 0 Å². The Morgan fingerprint density at radius 2 is 1.95 bits per heavy atom. The molecule has 2 rings (SSSR count). The van der Waals surface area contributed by atoms with Gasteiger partial charge in [-0.15, -0.1) is 5.10 Å². The molecule has 1 aliphatic rings. The van der Waals surface area contributed by atoms with Crippen LogP contribution in [0.5, 0.6) is 0 Å². The van der Waals surface area contributed by atoms with E-state index in [1.807, 2.05) is 5.43 Å². The number of hydrazine groups is 1. The summed E-state index contributed by atoms with van der Waals surface area (Å²) in [6, 6.07) is 0. The molecule has 0 aromatic carbocycles. The summed E-state index contributed by atoms with van der Waals surface area (Å²) >= 11 is 0. The molecule has 1 aromatic rings. The van der Waals surface area contributed by atoms with Crippen molar-refractivity contribution in [1.82, 2.24) is 30.2 Å². The topological polar surface area (TPSA) is 92.3 Å². The SMILES string of the molecule is CC(C)(C)N1CCN(CCn2cc(C(=O)NN)nn2)CC1. The fraction of sp³-hybridized carbons (Fsp3) is 0.769. The van der Waals surface area contributed by atoms with Crippen LogP contribution in [-0.2, 0) is 6.54 Å². The molecule has 0 atom stereocenters. The molecule has 0 bridgehead atoms. The predicted octanol–water partition coefficient (Wildman–Crippen LogP) is -0.702. The first-order valence-electron chi connectivity index (χ1n) is 7.28. The van der Waals surface area contributed by atoms with Gasteiger partial charge in [-0.05, 0) is 20.8 Å². The number of carbonyl (C=O) groups is 1. The number of amides is 1. The Balaban J connectivity index is 1.77. The molecule has 8 nitrogen and oxygen atoms in total. The van der Waals surface area contributed by atoms with Crippen molar-refractivity contribution in [2.45, 2.75) is 32.9 Å². The van der Waals surface area contributed by atoms with Gasteiger partial charge in [-0.25, -0.2) is 5.84 Å². The number of nitrogens with zero attached hydrogens (tertiary/aromatic N) is 5. The molecular formula is C13H25N7O. The standard InChI is InChI=1S/C13H25N7O/c1-13(2,3)19-7-4-18(5-8-19)6-9-20-10-11(16-17-20)12(21)15-14/h10H,4-9,14H2,1-3H3,(H,15,21). The largest absolute Gasteiger partial charge is 0.299 e. The lowest BCUT2D eigenvalue weighted by atomic mass is 10.1. The number of nitrogens with two attached hydrogens (primary N) is 1. The highest BCUT2D eigenvalue weighted by atomic mass is 16.2. The fourth-order valence-electron chi connectivity index (χ4n) is 2.47.